The Kier molecular flexibility index (Phi) is 19.6. The van der Waals surface area contributed by atoms with E-state index in [1.165, 1.54) is 41.7 Å². The summed E-state index contributed by atoms with van der Waals surface area (Å²) in [5, 5.41) is 53.8. The van der Waals surface area contributed by atoms with Gasteiger partial charge in [0.15, 0.2) is 0 Å². The molecule has 6 amide bonds. The van der Waals surface area contributed by atoms with Gasteiger partial charge >= 0.3 is 11.9 Å². The lowest BCUT2D eigenvalue weighted by molar-refractivity contribution is -0.148. The number of aliphatic hydroxyl groups excluding tert-OH is 1. The smallest absolute Gasteiger partial charge is 0.306 e. The predicted molar refractivity (Wildman–Crippen MR) is 330 cm³/mol. The number of aliphatic carboxylic acids is 2. The molecule has 7 aromatic heterocycles. The highest BCUT2D eigenvalue weighted by Crippen LogP contribution is 2.42. The molecule has 0 unspecified atom stereocenters. The van der Waals surface area contributed by atoms with E-state index in [1.807, 2.05) is 13.8 Å². The number of carbonyl (C=O) groups is 8. The quantitative estimate of drug-likeness (QED) is 0.0489. The topological polar surface area (TPSA) is 360 Å². The molecule has 10 rings (SSSR count). The van der Waals surface area contributed by atoms with E-state index in [0.29, 0.717) is 68.7 Å². The Bertz CT molecular complexity index is 3940. The molecule has 4 atom stereocenters. The lowest BCUT2D eigenvalue weighted by Gasteiger charge is -2.34. The lowest BCUT2D eigenvalue weighted by Crippen LogP contribution is -2.44. The molecule has 8 heterocycles. The van der Waals surface area contributed by atoms with Gasteiger partial charge in [0, 0.05) is 65.0 Å². The number of nitrogens with one attached hydrogen (secondary N) is 5. The van der Waals surface area contributed by atoms with Crippen molar-refractivity contribution in [1.82, 2.24) is 61.5 Å². The third kappa shape index (κ3) is 14.0. The van der Waals surface area contributed by atoms with Gasteiger partial charge in [-0.15, -0.1) is 68.0 Å². The molecule has 10 bridgehead atoms. The minimum Gasteiger partial charge on any atom is -0.481 e. The standard InChI is InChI=1S/C57H57N13O12S6/c1-25(2)41-55-69-44(36(88-55)20-82-5)48(77)59-19-39(72)66-45(46(75)27-10-7-6-8-11-27)54-64-35(23-85-54)52-62-33(21-84-52)43-30(50-63-34(22-83-50)47(76)61-32(18-38(71)58-4)53-68-42(26(3)87-53)49(78)67-41)13-14-31(60-43)51-65-37(24-86-51)70(15-9-12-40(73)74)56(79)28-16-29(17-28)57(80)81/h6-8,10-11,13-14,21-25,28-29,32,41,45-46,75H,9,12,15-20H2,1-5H3,(H,58,71)(H,59,77)(H,61,76)(H,66,72)(H,67,78)(H,73,74)(H,80,81)/t28?,29?,32-,41-,45-,46-/m0/s1. The maximum Gasteiger partial charge on any atom is 0.306 e. The summed E-state index contributed by atoms with van der Waals surface area (Å²) in [6.45, 7) is 4.91. The first kappa shape index (κ1) is 62.9. The van der Waals surface area contributed by atoms with Crippen LogP contribution in [0.3, 0.4) is 0 Å². The molecule has 0 spiro atoms. The number of rotatable bonds is 15. The van der Waals surface area contributed by atoms with Gasteiger partial charge in [0.2, 0.25) is 17.7 Å². The molecule has 2 aliphatic rings. The van der Waals surface area contributed by atoms with Crippen LogP contribution in [0.4, 0.5) is 5.82 Å². The zero-order valence-electron chi connectivity index (χ0n) is 47.6. The van der Waals surface area contributed by atoms with E-state index < -0.39 is 84.1 Å². The number of thiazole rings is 6. The van der Waals surface area contributed by atoms with Gasteiger partial charge in [0.1, 0.15) is 82.2 Å². The Morgan fingerprint density at radius 1 is 0.705 bits per heavy atom. The highest BCUT2D eigenvalue weighted by atomic mass is 32.1. The van der Waals surface area contributed by atoms with E-state index >= 15 is 0 Å². The number of hydrogen-bond acceptors (Lipinski definition) is 23. The summed E-state index contributed by atoms with van der Waals surface area (Å²) in [4.78, 5) is 143. The van der Waals surface area contributed by atoms with Crippen molar-refractivity contribution in [2.75, 3.05) is 32.1 Å². The number of fused-ring (bicyclic) bond motifs is 14. The zero-order chi connectivity index (χ0) is 62.5. The molecule has 8 N–H and O–H groups in total. The van der Waals surface area contributed by atoms with Gasteiger partial charge in [0.05, 0.1) is 48.1 Å². The summed E-state index contributed by atoms with van der Waals surface area (Å²) in [5.74, 6) is -6.66. The van der Waals surface area contributed by atoms with Crippen LogP contribution in [0.5, 0.6) is 0 Å². The minimum absolute atomic E-state index is 0.0112. The summed E-state index contributed by atoms with van der Waals surface area (Å²) >= 11 is 6.99. The van der Waals surface area contributed by atoms with Crippen LogP contribution in [0, 0.1) is 24.7 Å². The first-order valence-corrected chi connectivity index (χ1v) is 32.6. The number of hydrogen-bond donors (Lipinski definition) is 8. The largest absolute Gasteiger partial charge is 0.481 e. The SMILES string of the molecule is CNC(=O)C[C@@H]1NC(=O)c2csc(n2)-c2ccc(-c3nc(N(CCCC(=O)O)C(=O)C4CC(C(=O)O)C4)cs3)nc2-c2csc(n2)-c2csc(n2)[C@H]([C@@H](O)c2ccccc2)NC(=O)CNC(=O)c2nc(sc2COC)[C@H](C(C)C)NC(=O)c2nc1sc2C. The number of pyridine rings is 1. The Morgan fingerprint density at radius 3 is 2.14 bits per heavy atom. The van der Waals surface area contributed by atoms with E-state index in [0.717, 1.165) is 45.3 Å². The molecule has 31 heteroatoms. The average Bonchev–Trinajstić information content (AvgIpc) is 3.33. The number of amides is 6. The number of anilines is 1. The Hall–Kier alpha value is -8.17. The van der Waals surface area contributed by atoms with Gasteiger partial charge in [-0.3, -0.25) is 43.3 Å². The maximum atomic E-state index is 14.4. The number of carbonyl (C=O) groups excluding carboxylic acids is 6. The normalized spacial score (nSPS) is 18.5. The average molecular weight is 1310 g/mol. The van der Waals surface area contributed by atoms with Crippen molar-refractivity contribution in [3.8, 4) is 43.4 Å². The second-order valence-corrected chi connectivity index (χ2v) is 26.7. The number of methoxy groups -OCH3 is 1. The zero-order valence-corrected chi connectivity index (χ0v) is 52.5. The Labute approximate surface area is 526 Å². The number of aryl methyl sites for hydroxylation is 1. The van der Waals surface area contributed by atoms with Crippen molar-refractivity contribution >= 4 is 121 Å². The lowest BCUT2D eigenvalue weighted by atomic mass is 9.74. The van der Waals surface area contributed by atoms with E-state index in [2.05, 4.69) is 36.6 Å². The number of benzene rings is 1. The number of aliphatic hydroxyl groups is 1. The number of carboxylic acid groups (broad SMARTS) is 2. The van der Waals surface area contributed by atoms with Crippen molar-refractivity contribution in [1.29, 1.82) is 0 Å². The van der Waals surface area contributed by atoms with Crippen LogP contribution in [-0.2, 0) is 35.3 Å². The molecule has 0 saturated heterocycles. The van der Waals surface area contributed by atoms with Crippen LogP contribution in [0.25, 0.3) is 43.4 Å². The third-order valence-electron chi connectivity index (χ3n) is 14.4. The fraction of sp³-hybridized carbons (Fsp3) is 0.351. The molecule has 1 aliphatic carbocycles. The number of ether oxygens (including phenoxy) is 1. The summed E-state index contributed by atoms with van der Waals surface area (Å²) in [5.41, 5.74) is 2.34. The van der Waals surface area contributed by atoms with E-state index in [4.69, 9.17) is 29.7 Å². The molecule has 1 saturated carbocycles. The second-order valence-electron chi connectivity index (χ2n) is 20.8. The van der Waals surface area contributed by atoms with Crippen LogP contribution in [0.15, 0.2) is 64.0 Å². The Balaban J connectivity index is 1.05. The van der Waals surface area contributed by atoms with Gasteiger partial charge in [0.25, 0.3) is 17.7 Å². The van der Waals surface area contributed by atoms with E-state index in [1.54, 1.807) is 70.9 Å². The Morgan fingerprint density at radius 2 is 1.41 bits per heavy atom. The van der Waals surface area contributed by atoms with Crippen molar-refractivity contribution in [2.24, 2.45) is 17.8 Å². The first-order chi connectivity index (χ1) is 42.3. The van der Waals surface area contributed by atoms with Gasteiger partial charge in [-0.1, -0.05) is 44.2 Å². The molecular weight excluding hydrogens is 1250 g/mol. The van der Waals surface area contributed by atoms with Crippen molar-refractivity contribution in [3.05, 3.63) is 111 Å². The summed E-state index contributed by atoms with van der Waals surface area (Å²) in [6, 6.07) is 9.25. The third-order valence-corrected chi connectivity index (χ3v) is 20.1. The number of carboxylic acids is 2. The van der Waals surface area contributed by atoms with E-state index in [9.17, 15) is 53.7 Å². The first-order valence-electron chi connectivity index (χ1n) is 27.5. The molecule has 8 aromatic rings. The molecule has 0 radical (unpaired) electrons. The summed E-state index contributed by atoms with van der Waals surface area (Å²) in [6.07, 6.45) is -1.36. The molecular formula is C57H57N13O12S6. The summed E-state index contributed by atoms with van der Waals surface area (Å²) < 4.78 is 5.45. The van der Waals surface area contributed by atoms with Gasteiger partial charge < -0.3 is 46.6 Å². The fourth-order valence-electron chi connectivity index (χ4n) is 9.67. The van der Waals surface area contributed by atoms with Crippen LogP contribution >= 0.6 is 68.0 Å². The van der Waals surface area contributed by atoms with Crippen LogP contribution in [0.2, 0.25) is 0 Å². The van der Waals surface area contributed by atoms with Gasteiger partial charge in [-0.2, -0.15) is 0 Å². The van der Waals surface area contributed by atoms with Crippen molar-refractivity contribution in [2.45, 2.75) is 83.7 Å². The second kappa shape index (κ2) is 27.5. The molecule has 1 aromatic carbocycles. The van der Waals surface area contributed by atoms with Crippen LogP contribution in [0.1, 0.15) is 132 Å². The minimum atomic E-state index is -1.31. The number of aromatic nitrogens is 7. The maximum absolute atomic E-state index is 14.4. The molecule has 458 valence electrons. The highest BCUT2D eigenvalue weighted by molar-refractivity contribution is 7.15. The fourth-order valence-corrected chi connectivity index (χ4v) is 15.2. The molecule has 88 heavy (non-hydrogen) atoms. The summed E-state index contributed by atoms with van der Waals surface area (Å²) in [7, 11) is 2.92. The van der Waals surface area contributed by atoms with Crippen molar-refractivity contribution in [3.63, 3.8) is 0 Å². The predicted octanol–water partition coefficient (Wildman–Crippen LogP) is 7.62. The molecule has 25 nitrogen and oxygen atoms in total. The number of nitrogens with zero attached hydrogens (tertiary/aromatic N) is 8. The molecule has 1 aliphatic heterocycles. The monoisotopic (exact) mass is 1310 g/mol. The van der Waals surface area contributed by atoms with Gasteiger partial charge in [-0.25, -0.2) is 34.9 Å². The molecule has 1 fully saturated rings. The van der Waals surface area contributed by atoms with Gasteiger partial charge in [-0.05, 0) is 49.8 Å². The van der Waals surface area contributed by atoms with E-state index in [-0.39, 0.29) is 85.0 Å². The van der Waals surface area contributed by atoms with Crippen LogP contribution in [-0.4, -0.2) is 125 Å². The van der Waals surface area contributed by atoms with Crippen molar-refractivity contribution < 1.29 is 58.4 Å². The highest BCUT2D eigenvalue weighted by Gasteiger charge is 2.42. The van der Waals surface area contributed by atoms with Crippen LogP contribution < -0.4 is 31.5 Å².